The molecule has 0 aromatic carbocycles. The molecule has 1 atom stereocenters. The maximum absolute atomic E-state index is 13.9. The zero-order valence-electron chi connectivity index (χ0n) is 17.3. The number of nitrogens with zero attached hydrogens (tertiary/aromatic N) is 5. The lowest BCUT2D eigenvalue weighted by Crippen LogP contribution is -2.33. The maximum atomic E-state index is 13.9. The van der Waals surface area contributed by atoms with Crippen molar-refractivity contribution in [1.82, 2.24) is 25.1 Å². The van der Waals surface area contributed by atoms with Crippen LogP contribution >= 0.6 is 0 Å². The minimum atomic E-state index is -1.12. The molecule has 0 bridgehead atoms. The summed E-state index contributed by atoms with van der Waals surface area (Å²) in [6.45, 7) is 7.37. The molecule has 1 unspecified atom stereocenters. The van der Waals surface area contributed by atoms with Gasteiger partial charge in [0.1, 0.15) is 12.2 Å². The third kappa shape index (κ3) is 4.54. The third-order valence-corrected chi connectivity index (χ3v) is 4.51. The summed E-state index contributed by atoms with van der Waals surface area (Å²) in [5.74, 6) is -0.115. The Labute approximate surface area is 174 Å². The highest BCUT2D eigenvalue weighted by Gasteiger charge is 2.18. The number of pyridine rings is 2. The average molecular weight is 409 g/mol. The summed E-state index contributed by atoms with van der Waals surface area (Å²) in [7, 11) is 0. The van der Waals surface area contributed by atoms with Crippen molar-refractivity contribution in [2.45, 2.75) is 39.9 Å². The zero-order chi connectivity index (χ0) is 21.8. The lowest BCUT2D eigenvalue weighted by Gasteiger charge is -2.17. The quantitative estimate of drug-likeness (QED) is 0.620. The maximum Gasteiger partial charge on any atom is 0.255 e. The second-order valence-corrected chi connectivity index (χ2v) is 7.66. The minimum Gasteiger partial charge on any atom is -0.382 e. The average Bonchev–Trinajstić information content (AvgIpc) is 3.14. The second-order valence-electron chi connectivity index (χ2n) is 7.66. The topological polar surface area (TPSA) is 109 Å². The van der Waals surface area contributed by atoms with Gasteiger partial charge in [-0.3, -0.25) is 4.79 Å². The molecule has 0 fully saturated rings. The molecule has 0 spiro atoms. The first kappa shape index (κ1) is 21.2. The van der Waals surface area contributed by atoms with Crippen LogP contribution < -0.4 is 10.6 Å². The number of fused-ring (bicyclic) bond motifs is 1. The van der Waals surface area contributed by atoms with Crippen LogP contribution in [0.5, 0.6) is 0 Å². The first-order valence-electron chi connectivity index (χ1n) is 9.73. The summed E-state index contributed by atoms with van der Waals surface area (Å²) in [4.78, 5) is 21.3. The summed E-state index contributed by atoms with van der Waals surface area (Å²) in [6.07, 6.45) is 3.39. The van der Waals surface area contributed by atoms with Gasteiger partial charge in [0.2, 0.25) is 0 Å². The molecule has 0 saturated carbocycles. The number of amides is 1. The Bertz CT molecular complexity index is 1100. The molecule has 0 aliphatic rings. The SMILES string of the molecule is CC(C)Nc1cc(-n2ncc3cc(C#N)cnc32)ncc1C(=O)NCC(F)C(C)C. The van der Waals surface area contributed by atoms with E-state index in [0.717, 1.165) is 0 Å². The van der Waals surface area contributed by atoms with Crippen LogP contribution in [0.1, 0.15) is 43.6 Å². The molecular weight excluding hydrogens is 385 g/mol. The number of carbonyl (C=O) groups is 1. The fourth-order valence-electron chi connectivity index (χ4n) is 2.84. The van der Waals surface area contributed by atoms with E-state index in [1.54, 1.807) is 36.9 Å². The van der Waals surface area contributed by atoms with Gasteiger partial charge in [-0.05, 0) is 25.8 Å². The van der Waals surface area contributed by atoms with Gasteiger partial charge in [-0.15, -0.1) is 0 Å². The number of carbonyl (C=O) groups excluding carboxylic acids is 1. The van der Waals surface area contributed by atoms with E-state index in [1.165, 1.54) is 12.4 Å². The molecule has 156 valence electrons. The molecule has 8 nitrogen and oxygen atoms in total. The zero-order valence-corrected chi connectivity index (χ0v) is 17.3. The molecular formula is C21H24FN7O. The minimum absolute atomic E-state index is 0.0575. The fourth-order valence-corrected chi connectivity index (χ4v) is 2.84. The Morgan fingerprint density at radius 1 is 1.20 bits per heavy atom. The number of anilines is 1. The summed E-state index contributed by atoms with van der Waals surface area (Å²) < 4.78 is 15.4. The van der Waals surface area contributed by atoms with Gasteiger partial charge in [0, 0.05) is 36.4 Å². The van der Waals surface area contributed by atoms with Crippen molar-refractivity contribution in [3.05, 3.63) is 41.9 Å². The predicted octanol–water partition coefficient (Wildman–Crippen LogP) is 3.23. The summed E-state index contributed by atoms with van der Waals surface area (Å²) in [5, 5.41) is 19.9. The smallest absolute Gasteiger partial charge is 0.255 e. The van der Waals surface area contributed by atoms with Gasteiger partial charge >= 0.3 is 0 Å². The van der Waals surface area contributed by atoms with E-state index in [2.05, 4.69) is 25.7 Å². The van der Waals surface area contributed by atoms with E-state index in [4.69, 9.17) is 5.26 Å². The van der Waals surface area contributed by atoms with E-state index in [-0.39, 0.29) is 18.5 Å². The van der Waals surface area contributed by atoms with E-state index < -0.39 is 12.1 Å². The highest BCUT2D eigenvalue weighted by atomic mass is 19.1. The van der Waals surface area contributed by atoms with Crippen molar-refractivity contribution >= 4 is 22.6 Å². The van der Waals surface area contributed by atoms with Crippen LogP contribution in [0.4, 0.5) is 10.1 Å². The molecule has 0 saturated heterocycles. The van der Waals surface area contributed by atoms with Gasteiger partial charge < -0.3 is 10.6 Å². The highest BCUT2D eigenvalue weighted by molar-refractivity contribution is 5.99. The van der Waals surface area contributed by atoms with E-state index in [0.29, 0.717) is 33.7 Å². The Balaban J connectivity index is 1.95. The molecule has 3 aromatic rings. The molecule has 3 aromatic heterocycles. The first-order valence-corrected chi connectivity index (χ1v) is 9.73. The number of nitrogens with one attached hydrogen (secondary N) is 2. The Hall–Kier alpha value is -3.54. The Morgan fingerprint density at radius 2 is 1.97 bits per heavy atom. The first-order chi connectivity index (χ1) is 14.3. The number of hydrogen-bond acceptors (Lipinski definition) is 6. The standard InChI is InChI=1S/C21H24FN7O/c1-12(2)17(22)11-26-21(30)16-10-24-19(6-18(16)28-13(3)4)29-20-15(9-27-29)5-14(7-23)8-25-20/h5-6,8-10,12-13,17H,11H2,1-4H3,(H,24,28)(H,26,30). The summed E-state index contributed by atoms with van der Waals surface area (Å²) >= 11 is 0. The van der Waals surface area contributed by atoms with Crippen molar-refractivity contribution in [3.8, 4) is 11.9 Å². The van der Waals surface area contributed by atoms with Gasteiger partial charge in [0.25, 0.3) is 5.91 Å². The van der Waals surface area contributed by atoms with Gasteiger partial charge in [0.05, 0.1) is 23.0 Å². The predicted molar refractivity (Wildman–Crippen MR) is 112 cm³/mol. The van der Waals surface area contributed by atoms with Gasteiger partial charge in [0.15, 0.2) is 11.5 Å². The van der Waals surface area contributed by atoms with Crippen molar-refractivity contribution in [2.24, 2.45) is 5.92 Å². The van der Waals surface area contributed by atoms with Crippen molar-refractivity contribution in [2.75, 3.05) is 11.9 Å². The van der Waals surface area contributed by atoms with Crippen molar-refractivity contribution in [1.29, 1.82) is 5.26 Å². The van der Waals surface area contributed by atoms with Gasteiger partial charge in [-0.25, -0.2) is 14.4 Å². The highest BCUT2D eigenvalue weighted by Crippen LogP contribution is 2.22. The van der Waals surface area contributed by atoms with Crippen molar-refractivity contribution < 1.29 is 9.18 Å². The lowest BCUT2D eigenvalue weighted by molar-refractivity contribution is 0.0935. The molecule has 1 amide bonds. The van der Waals surface area contributed by atoms with E-state index in [1.807, 2.05) is 19.9 Å². The normalized spacial score (nSPS) is 12.2. The fraction of sp³-hybridized carbons (Fsp3) is 0.381. The van der Waals surface area contributed by atoms with Gasteiger partial charge in [-0.1, -0.05) is 13.8 Å². The number of halogens is 1. The monoisotopic (exact) mass is 409 g/mol. The van der Waals surface area contributed by atoms with Crippen LogP contribution in [0.15, 0.2) is 30.7 Å². The molecule has 9 heteroatoms. The number of rotatable bonds is 7. The lowest BCUT2D eigenvalue weighted by atomic mass is 10.1. The number of alkyl halides is 1. The Morgan fingerprint density at radius 3 is 2.63 bits per heavy atom. The number of nitriles is 1. The van der Waals surface area contributed by atoms with Crippen LogP contribution in [-0.2, 0) is 0 Å². The van der Waals surface area contributed by atoms with Crippen LogP contribution in [0, 0.1) is 17.2 Å². The number of aromatic nitrogens is 4. The van der Waals surface area contributed by atoms with E-state index in [9.17, 15) is 9.18 Å². The van der Waals surface area contributed by atoms with Gasteiger partial charge in [-0.2, -0.15) is 15.0 Å². The van der Waals surface area contributed by atoms with Crippen LogP contribution in [0.25, 0.3) is 16.9 Å². The molecule has 3 heterocycles. The largest absolute Gasteiger partial charge is 0.382 e. The molecule has 30 heavy (non-hydrogen) atoms. The van der Waals surface area contributed by atoms with Crippen LogP contribution in [-0.4, -0.2) is 44.4 Å². The third-order valence-electron chi connectivity index (χ3n) is 4.51. The Kier molecular flexibility index (Phi) is 6.26. The van der Waals surface area contributed by atoms with E-state index >= 15 is 0 Å². The molecule has 0 radical (unpaired) electrons. The second kappa shape index (κ2) is 8.86. The molecule has 3 rings (SSSR count). The molecule has 0 aliphatic heterocycles. The van der Waals surface area contributed by atoms with Crippen LogP contribution in [0.2, 0.25) is 0 Å². The summed E-state index contributed by atoms with van der Waals surface area (Å²) in [5.41, 5.74) is 1.87. The van der Waals surface area contributed by atoms with Crippen molar-refractivity contribution in [3.63, 3.8) is 0 Å². The molecule has 0 aliphatic carbocycles. The molecule has 2 N–H and O–H groups in total. The van der Waals surface area contributed by atoms with Crippen LogP contribution in [0.3, 0.4) is 0 Å². The number of hydrogen-bond donors (Lipinski definition) is 2. The summed E-state index contributed by atoms with van der Waals surface area (Å²) in [6, 6.07) is 5.51.